The molecule has 1 aromatic heterocycles. The van der Waals surface area contributed by atoms with Crippen LogP contribution in [0.5, 0.6) is 5.75 Å². The van der Waals surface area contributed by atoms with Crippen LogP contribution < -0.4 is 10.3 Å². The zero-order chi connectivity index (χ0) is 10.1. The Labute approximate surface area is 81.4 Å². The second-order valence-corrected chi connectivity index (χ2v) is 3.16. The molecule has 0 radical (unpaired) electrons. The van der Waals surface area contributed by atoms with Gasteiger partial charge in [0, 0.05) is 17.0 Å². The van der Waals surface area contributed by atoms with E-state index in [1.807, 2.05) is 25.1 Å². The number of fused-ring (bicyclic) bond motifs is 1. The van der Waals surface area contributed by atoms with Gasteiger partial charge in [-0.15, -0.1) is 0 Å². The third-order valence-electron chi connectivity index (χ3n) is 2.16. The van der Waals surface area contributed by atoms with Crippen molar-refractivity contribution in [3.05, 3.63) is 35.4 Å². The van der Waals surface area contributed by atoms with Crippen LogP contribution in [0.15, 0.2) is 28.7 Å². The lowest BCUT2D eigenvalue weighted by Crippen LogP contribution is -2.02. The fourth-order valence-electron chi connectivity index (χ4n) is 1.34. The molecule has 2 rings (SSSR count). The van der Waals surface area contributed by atoms with Crippen molar-refractivity contribution in [2.45, 2.75) is 6.92 Å². The Hall–Kier alpha value is -1.77. The van der Waals surface area contributed by atoms with E-state index in [0.717, 1.165) is 16.7 Å². The molecule has 1 heterocycles. The minimum absolute atomic E-state index is 0.200. The predicted molar refractivity (Wildman–Crippen MR) is 53.4 cm³/mol. The lowest BCUT2D eigenvalue weighted by atomic mass is 10.2. The highest BCUT2D eigenvalue weighted by molar-refractivity contribution is 5.78. The Morgan fingerprint density at radius 3 is 2.79 bits per heavy atom. The summed E-state index contributed by atoms with van der Waals surface area (Å²) in [5, 5.41) is 8.51. The van der Waals surface area contributed by atoms with E-state index in [-0.39, 0.29) is 5.55 Å². The van der Waals surface area contributed by atoms with E-state index < -0.39 is 0 Å². The fourth-order valence-corrected chi connectivity index (χ4v) is 1.34. The summed E-state index contributed by atoms with van der Waals surface area (Å²) < 4.78 is 10.4. The molecule has 0 aliphatic carbocycles. The van der Waals surface area contributed by atoms with Crippen molar-refractivity contribution < 1.29 is 9.15 Å². The molecule has 14 heavy (non-hydrogen) atoms. The normalized spacial score (nSPS) is 10.4. The first kappa shape index (κ1) is 8.81. The second kappa shape index (κ2) is 3.18. The molecule has 3 heteroatoms. The van der Waals surface area contributed by atoms with Gasteiger partial charge in [0.1, 0.15) is 11.3 Å². The first-order valence-corrected chi connectivity index (χ1v) is 4.34. The molecule has 1 N–H and O–H groups in total. The Kier molecular flexibility index (Phi) is 2.00. The van der Waals surface area contributed by atoms with Crippen LogP contribution in [0.25, 0.3) is 11.0 Å². The van der Waals surface area contributed by atoms with E-state index in [2.05, 4.69) is 0 Å². The number of aryl methyl sites for hydroxylation is 1. The summed E-state index contributed by atoms with van der Waals surface area (Å²) in [6, 6.07) is 7.51. The minimum Gasteiger partial charge on any atom is -0.497 e. The molecule has 0 aliphatic heterocycles. The maximum atomic E-state index is 7.52. The number of rotatable bonds is 1. The first-order valence-electron chi connectivity index (χ1n) is 4.34. The third kappa shape index (κ3) is 1.37. The average Bonchev–Trinajstić information content (AvgIpc) is 2.19. The molecule has 1 aromatic carbocycles. The molecule has 0 spiro atoms. The molecule has 0 fully saturated rings. The number of nitrogens with one attached hydrogen (secondary N) is 1. The molecule has 72 valence electrons. The van der Waals surface area contributed by atoms with Gasteiger partial charge < -0.3 is 9.15 Å². The van der Waals surface area contributed by atoms with Gasteiger partial charge in [0.05, 0.1) is 7.11 Å². The van der Waals surface area contributed by atoms with E-state index >= 15 is 0 Å². The summed E-state index contributed by atoms with van der Waals surface area (Å²) in [6.45, 7) is 1.86. The molecule has 2 aromatic rings. The molecular formula is C11H11NO2. The summed E-state index contributed by atoms with van der Waals surface area (Å²) in [5.74, 6) is 0.740. The van der Waals surface area contributed by atoms with Crippen LogP contribution in [0.4, 0.5) is 0 Å². The van der Waals surface area contributed by atoms with Crippen LogP contribution in [-0.2, 0) is 0 Å². The van der Waals surface area contributed by atoms with Crippen molar-refractivity contribution in [2.75, 3.05) is 7.11 Å². The molecule has 3 nitrogen and oxygen atoms in total. The maximum Gasteiger partial charge on any atom is 0.214 e. The molecule has 0 atom stereocenters. The molecule has 0 amide bonds. The standard InChI is InChI=1S/C11H11NO2/c1-7-5-8-3-4-9(13-2)6-10(8)14-11(7)12/h3-6,12H,1-2H3. The summed E-state index contributed by atoms with van der Waals surface area (Å²) >= 11 is 0. The predicted octanol–water partition coefficient (Wildman–Crippen LogP) is 2.23. The van der Waals surface area contributed by atoms with Crippen LogP contribution in [0.3, 0.4) is 0 Å². The van der Waals surface area contributed by atoms with Crippen LogP contribution in [0.2, 0.25) is 0 Å². The van der Waals surface area contributed by atoms with E-state index in [4.69, 9.17) is 14.6 Å². The Morgan fingerprint density at radius 2 is 2.07 bits per heavy atom. The second-order valence-electron chi connectivity index (χ2n) is 3.16. The molecular weight excluding hydrogens is 178 g/mol. The van der Waals surface area contributed by atoms with Crippen LogP contribution >= 0.6 is 0 Å². The highest BCUT2D eigenvalue weighted by atomic mass is 16.5. The van der Waals surface area contributed by atoms with Gasteiger partial charge in [0.15, 0.2) is 0 Å². The maximum absolute atomic E-state index is 7.52. The molecule has 0 unspecified atom stereocenters. The molecule has 0 aliphatic rings. The van der Waals surface area contributed by atoms with Gasteiger partial charge in [-0.1, -0.05) is 0 Å². The molecule has 0 bridgehead atoms. The first-order chi connectivity index (χ1) is 6.70. The Bertz CT molecular complexity index is 528. The Balaban J connectivity index is 2.77. The number of methoxy groups -OCH3 is 1. The van der Waals surface area contributed by atoms with Gasteiger partial charge in [-0.3, -0.25) is 5.41 Å². The van der Waals surface area contributed by atoms with Gasteiger partial charge >= 0.3 is 0 Å². The summed E-state index contributed by atoms with van der Waals surface area (Å²) in [4.78, 5) is 0. The van der Waals surface area contributed by atoms with Crippen molar-refractivity contribution in [3.8, 4) is 5.75 Å². The summed E-state index contributed by atoms with van der Waals surface area (Å²) in [5.41, 5.74) is 1.72. The average molecular weight is 189 g/mol. The van der Waals surface area contributed by atoms with E-state index in [1.165, 1.54) is 0 Å². The van der Waals surface area contributed by atoms with Crippen molar-refractivity contribution in [2.24, 2.45) is 0 Å². The van der Waals surface area contributed by atoms with Gasteiger partial charge in [-0.05, 0) is 25.1 Å². The largest absolute Gasteiger partial charge is 0.497 e. The highest BCUT2D eigenvalue weighted by Gasteiger charge is 2.00. The van der Waals surface area contributed by atoms with Gasteiger partial charge in [0.2, 0.25) is 5.55 Å². The molecule has 0 saturated heterocycles. The fraction of sp³-hybridized carbons (Fsp3) is 0.182. The molecule has 0 saturated carbocycles. The van der Waals surface area contributed by atoms with Crippen LogP contribution in [0, 0.1) is 12.3 Å². The quantitative estimate of drug-likeness (QED) is 0.747. The lowest BCUT2D eigenvalue weighted by molar-refractivity contribution is 0.413. The van der Waals surface area contributed by atoms with Gasteiger partial charge in [-0.25, -0.2) is 0 Å². The zero-order valence-electron chi connectivity index (χ0n) is 8.13. The number of ether oxygens (including phenoxy) is 1. The number of benzene rings is 1. The smallest absolute Gasteiger partial charge is 0.214 e. The summed E-state index contributed by atoms with van der Waals surface area (Å²) in [7, 11) is 1.61. The Morgan fingerprint density at radius 1 is 1.29 bits per heavy atom. The van der Waals surface area contributed by atoms with E-state index in [1.54, 1.807) is 13.2 Å². The number of hydrogen-bond donors (Lipinski definition) is 1. The van der Waals surface area contributed by atoms with Crippen molar-refractivity contribution in [3.63, 3.8) is 0 Å². The SMILES string of the molecule is COc1ccc2cc(C)c(=N)oc2c1. The van der Waals surface area contributed by atoms with Gasteiger partial charge in [-0.2, -0.15) is 0 Å². The van der Waals surface area contributed by atoms with E-state index in [0.29, 0.717) is 5.58 Å². The monoisotopic (exact) mass is 189 g/mol. The minimum atomic E-state index is 0.200. The van der Waals surface area contributed by atoms with Crippen molar-refractivity contribution >= 4 is 11.0 Å². The zero-order valence-corrected chi connectivity index (χ0v) is 8.13. The number of hydrogen-bond acceptors (Lipinski definition) is 3. The van der Waals surface area contributed by atoms with Crippen LogP contribution in [0.1, 0.15) is 5.56 Å². The van der Waals surface area contributed by atoms with Gasteiger partial charge in [0.25, 0.3) is 0 Å². The highest BCUT2D eigenvalue weighted by Crippen LogP contribution is 2.19. The topological polar surface area (TPSA) is 46.2 Å². The van der Waals surface area contributed by atoms with Crippen LogP contribution in [-0.4, -0.2) is 7.11 Å². The third-order valence-corrected chi connectivity index (χ3v) is 2.16. The van der Waals surface area contributed by atoms with E-state index in [9.17, 15) is 0 Å². The van der Waals surface area contributed by atoms with Crippen molar-refractivity contribution in [1.82, 2.24) is 0 Å². The lowest BCUT2D eigenvalue weighted by Gasteiger charge is -2.02. The van der Waals surface area contributed by atoms with Crippen molar-refractivity contribution in [1.29, 1.82) is 5.41 Å². The summed E-state index contributed by atoms with van der Waals surface area (Å²) in [6.07, 6.45) is 0.